The van der Waals surface area contributed by atoms with Gasteiger partial charge in [-0.15, -0.1) is 0 Å². The topological polar surface area (TPSA) is 67.9 Å². The van der Waals surface area contributed by atoms with Crippen molar-refractivity contribution in [1.82, 2.24) is 9.78 Å². The second-order valence-electron chi connectivity index (χ2n) is 1.77. The quantitative estimate of drug-likeness (QED) is 0.530. The number of aromatic nitrogens is 2. The van der Waals surface area contributed by atoms with Gasteiger partial charge in [-0.1, -0.05) is 0 Å². The summed E-state index contributed by atoms with van der Waals surface area (Å²) in [7, 11) is 1.27. The van der Waals surface area contributed by atoms with Crippen LogP contribution in [0.3, 0.4) is 0 Å². The van der Waals surface area contributed by atoms with Gasteiger partial charge in [0.25, 0.3) is 0 Å². The van der Waals surface area contributed by atoms with Crippen molar-refractivity contribution in [2.45, 2.75) is 0 Å². The second-order valence-corrected chi connectivity index (χ2v) is 1.77. The zero-order chi connectivity index (χ0) is 8.27. The lowest BCUT2D eigenvalue weighted by Crippen LogP contribution is -1.98. The molecule has 1 heterocycles. The van der Waals surface area contributed by atoms with Gasteiger partial charge in [0.15, 0.2) is 0 Å². The number of carbonyl (C=O) groups is 1. The molecule has 0 radical (unpaired) electrons. The van der Waals surface area contributed by atoms with Gasteiger partial charge in [0.05, 0.1) is 25.1 Å². The predicted molar refractivity (Wildman–Crippen MR) is 34.6 cm³/mol. The molecule has 0 aliphatic heterocycles. The van der Waals surface area contributed by atoms with Crippen LogP contribution < -0.4 is 0 Å². The summed E-state index contributed by atoms with van der Waals surface area (Å²) in [5.74, 6) is -0.494. The molecule has 1 aromatic rings. The van der Waals surface area contributed by atoms with E-state index in [1.54, 1.807) is 6.19 Å². The highest BCUT2D eigenvalue weighted by atomic mass is 16.5. The Bertz CT molecular complexity index is 310. The summed E-state index contributed by atoms with van der Waals surface area (Å²) in [6.45, 7) is 0. The Hall–Kier alpha value is -1.83. The maximum absolute atomic E-state index is 10.8. The SMILES string of the molecule is COC(=O)c1cnn(C#N)c1. The Morgan fingerprint density at radius 2 is 2.64 bits per heavy atom. The van der Waals surface area contributed by atoms with Crippen LogP contribution in [0.2, 0.25) is 0 Å². The highest BCUT2D eigenvalue weighted by molar-refractivity contribution is 5.88. The lowest BCUT2D eigenvalue weighted by atomic mass is 10.4. The van der Waals surface area contributed by atoms with Crippen LogP contribution in [0.25, 0.3) is 0 Å². The van der Waals surface area contributed by atoms with Crippen LogP contribution >= 0.6 is 0 Å². The van der Waals surface area contributed by atoms with Gasteiger partial charge in [0, 0.05) is 0 Å². The van der Waals surface area contributed by atoms with E-state index in [0.29, 0.717) is 0 Å². The molecular weight excluding hydrogens is 146 g/mol. The fraction of sp³-hybridized carbons (Fsp3) is 0.167. The molecule has 0 aliphatic rings. The number of nitrogens with zero attached hydrogens (tertiary/aromatic N) is 3. The van der Waals surface area contributed by atoms with E-state index in [4.69, 9.17) is 5.26 Å². The third-order valence-electron chi connectivity index (χ3n) is 1.11. The molecule has 11 heavy (non-hydrogen) atoms. The van der Waals surface area contributed by atoms with Crippen molar-refractivity contribution in [2.24, 2.45) is 0 Å². The van der Waals surface area contributed by atoms with Gasteiger partial charge in [-0.3, -0.25) is 0 Å². The van der Waals surface area contributed by atoms with E-state index >= 15 is 0 Å². The number of hydrogen-bond acceptors (Lipinski definition) is 4. The van der Waals surface area contributed by atoms with Crippen LogP contribution in [0, 0.1) is 11.5 Å². The molecule has 0 unspecified atom stereocenters. The van der Waals surface area contributed by atoms with Crippen molar-refractivity contribution < 1.29 is 9.53 Å². The Morgan fingerprint density at radius 1 is 1.91 bits per heavy atom. The summed E-state index contributed by atoms with van der Waals surface area (Å²) in [6, 6.07) is 0. The Kier molecular flexibility index (Phi) is 1.88. The van der Waals surface area contributed by atoms with Crippen LogP contribution in [0.5, 0.6) is 0 Å². The highest BCUT2D eigenvalue weighted by Crippen LogP contribution is 1.97. The number of rotatable bonds is 1. The number of nitriles is 1. The van der Waals surface area contributed by atoms with Gasteiger partial charge in [-0.2, -0.15) is 15.0 Å². The molecule has 1 aromatic heterocycles. The maximum atomic E-state index is 10.8. The van der Waals surface area contributed by atoms with E-state index < -0.39 is 5.97 Å². The molecule has 5 nitrogen and oxygen atoms in total. The number of ether oxygens (including phenoxy) is 1. The monoisotopic (exact) mass is 151 g/mol. The van der Waals surface area contributed by atoms with Crippen molar-refractivity contribution in [3.63, 3.8) is 0 Å². The summed E-state index contributed by atoms with van der Waals surface area (Å²) in [5.41, 5.74) is 0.272. The first kappa shape index (κ1) is 7.28. The Labute approximate surface area is 62.8 Å². The van der Waals surface area contributed by atoms with Crippen LogP contribution in [0.1, 0.15) is 10.4 Å². The van der Waals surface area contributed by atoms with E-state index in [-0.39, 0.29) is 5.56 Å². The summed E-state index contributed by atoms with van der Waals surface area (Å²) < 4.78 is 5.37. The van der Waals surface area contributed by atoms with Gasteiger partial charge in [-0.25, -0.2) is 4.79 Å². The smallest absolute Gasteiger partial charge is 0.341 e. The highest BCUT2D eigenvalue weighted by Gasteiger charge is 2.06. The first-order valence-corrected chi connectivity index (χ1v) is 2.81. The summed E-state index contributed by atoms with van der Waals surface area (Å²) in [6.07, 6.45) is 4.29. The molecular formula is C6H5N3O2. The summed E-state index contributed by atoms with van der Waals surface area (Å²) in [5, 5.41) is 11.9. The molecule has 0 saturated heterocycles. The molecule has 56 valence electrons. The fourth-order valence-corrected chi connectivity index (χ4v) is 0.601. The lowest BCUT2D eigenvalue weighted by Gasteiger charge is -1.89. The van der Waals surface area contributed by atoms with Gasteiger partial charge in [0.2, 0.25) is 6.19 Å². The molecule has 0 bridgehead atoms. The van der Waals surface area contributed by atoms with Gasteiger partial charge in [-0.05, 0) is 0 Å². The molecule has 0 N–H and O–H groups in total. The summed E-state index contributed by atoms with van der Waals surface area (Å²) >= 11 is 0. The average Bonchev–Trinajstić information content (AvgIpc) is 2.50. The summed E-state index contributed by atoms with van der Waals surface area (Å²) in [4.78, 5) is 10.8. The van der Waals surface area contributed by atoms with Crippen LogP contribution in [0.4, 0.5) is 0 Å². The molecule has 0 aliphatic carbocycles. The largest absolute Gasteiger partial charge is 0.465 e. The molecule has 0 spiro atoms. The number of methoxy groups -OCH3 is 1. The van der Waals surface area contributed by atoms with E-state index in [2.05, 4.69) is 9.84 Å². The first-order chi connectivity index (χ1) is 5.27. The average molecular weight is 151 g/mol. The third kappa shape index (κ3) is 1.35. The maximum Gasteiger partial charge on any atom is 0.341 e. The number of carbonyl (C=O) groups excluding carboxylic acids is 1. The zero-order valence-corrected chi connectivity index (χ0v) is 5.81. The molecule has 1 rings (SSSR count). The Balaban J connectivity index is 2.91. The van der Waals surface area contributed by atoms with Crippen LogP contribution in [-0.2, 0) is 4.74 Å². The van der Waals surface area contributed by atoms with Crippen molar-refractivity contribution >= 4 is 5.97 Å². The third-order valence-corrected chi connectivity index (χ3v) is 1.11. The standard InChI is InChI=1S/C6H5N3O2/c1-11-6(10)5-2-8-9(3-5)4-7/h2-3H,1H3. The van der Waals surface area contributed by atoms with Crippen LogP contribution in [0.15, 0.2) is 12.4 Å². The molecule has 0 saturated carbocycles. The fourth-order valence-electron chi connectivity index (χ4n) is 0.601. The second kappa shape index (κ2) is 2.84. The van der Waals surface area contributed by atoms with Crippen LogP contribution in [-0.4, -0.2) is 22.9 Å². The normalized spacial score (nSPS) is 8.73. The predicted octanol–water partition coefficient (Wildman–Crippen LogP) is -0.00112. The van der Waals surface area contributed by atoms with Gasteiger partial charge < -0.3 is 4.74 Å². The van der Waals surface area contributed by atoms with Crippen molar-refractivity contribution in [3.8, 4) is 6.19 Å². The number of esters is 1. The molecule has 0 fully saturated rings. The Morgan fingerprint density at radius 3 is 3.09 bits per heavy atom. The zero-order valence-electron chi connectivity index (χ0n) is 5.81. The van der Waals surface area contributed by atoms with Crippen molar-refractivity contribution in [1.29, 1.82) is 5.26 Å². The van der Waals surface area contributed by atoms with Gasteiger partial charge in [0.1, 0.15) is 0 Å². The van der Waals surface area contributed by atoms with Gasteiger partial charge >= 0.3 is 5.97 Å². The van der Waals surface area contributed by atoms with Crippen molar-refractivity contribution in [2.75, 3.05) is 7.11 Å². The molecule has 5 heteroatoms. The van der Waals surface area contributed by atoms with E-state index in [0.717, 1.165) is 4.68 Å². The molecule has 0 aromatic carbocycles. The minimum absolute atomic E-state index is 0.272. The minimum Gasteiger partial charge on any atom is -0.465 e. The van der Waals surface area contributed by atoms with E-state index in [1.165, 1.54) is 19.5 Å². The first-order valence-electron chi connectivity index (χ1n) is 2.81. The molecule has 0 amide bonds. The lowest BCUT2D eigenvalue weighted by molar-refractivity contribution is 0.0600. The molecule has 0 atom stereocenters. The van der Waals surface area contributed by atoms with E-state index in [9.17, 15) is 4.79 Å². The minimum atomic E-state index is -0.494. The number of hydrogen-bond donors (Lipinski definition) is 0. The van der Waals surface area contributed by atoms with Crippen molar-refractivity contribution in [3.05, 3.63) is 18.0 Å². The van der Waals surface area contributed by atoms with E-state index in [1.807, 2.05) is 0 Å².